The molecule has 0 saturated heterocycles. The Bertz CT molecular complexity index is 357. The molecule has 70 valence electrons. The molecule has 0 saturated carbocycles. The molecule has 0 bridgehead atoms. The van der Waals surface area contributed by atoms with Crippen molar-refractivity contribution in [1.29, 1.82) is 0 Å². The molecule has 0 radical (unpaired) electrons. The molecule has 1 aromatic heterocycles. The summed E-state index contributed by atoms with van der Waals surface area (Å²) >= 11 is 0. The third kappa shape index (κ3) is 1.16. The van der Waals surface area contributed by atoms with Gasteiger partial charge in [-0.3, -0.25) is 4.57 Å². The molecule has 2 heterocycles. The molecule has 0 fully saturated rings. The second kappa shape index (κ2) is 2.76. The van der Waals surface area contributed by atoms with Gasteiger partial charge in [-0.05, 0) is 12.8 Å². The van der Waals surface area contributed by atoms with Crippen molar-refractivity contribution in [1.82, 2.24) is 9.55 Å². The van der Waals surface area contributed by atoms with Crippen molar-refractivity contribution >= 4 is 5.97 Å². The first-order valence-corrected chi connectivity index (χ1v) is 4.22. The van der Waals surface area contributed by atoms with E-state index in [1.165, 1.54) is 0 Å². The molecule has 0 amide bonds. The summed E-state index contributed by atoms with van der Waals surface area (Å²) in [7, 11) is 0. The molecular weight excluding hydrogens is 172 g/mol. The third-order valence-corrected chi connectivity index (χ3v) is 2.25. The zero-order valence-electron chi connectivity index (χ0n) is 7.03. The van der Waals surface area contributed by atoms with E-state index in [0.29, 0.717) is 12.4 Å². The van der Waals surface area contributed by atoms with Crippen LogP contribution in [-0.2, 0) is 13.0 Å². The van der Waals surface area contributed by atoms with Gasteiger partial charge in [0.05, 0.1) is 0 Å². The fourth-order valence-corrected chi connectivity index (χ4v) is 1.61. The van der Waals surface area contributed by atoms with Crippen LogP contribution in [0.1, 0.15) is 29.2 Å². The standard InChI is InChI=1S/C8H10N2O3/c11-7-6(8(12)13)9-5-3-1-2-4-10(5)7/h11H,1-4H2,(H,12,13). The molecule has 2 rings (SSSR count). The number of hydrogen-bond donors (Lipinski definition) is 2. The van der Waals surface area contributed by atoms with Crippen LogP contribution < -0.4 is 0 Å². The zero-order chi connectivity index (χ0) is 9.42. The molecule has 13 heavy (non-hydrogen) atoms. The minimum atomic E-state index is -1.17. The van der Waals surface area contributed by atoms with E-state index in [1.807, 2.05) is 0 Å². The Morgan fingerprint density at radius 3 is 2.85 bits per heavy atom. The van der Waals surface area contributed by atoms with Gasteiger partial charge in [0.15, 0.2) is 0 Å². The zero-order valence-corrected chi connectivity index (χ0v) is 7.03. The number of imidazole rings is 1. The maximum atomic E-state index is 10.6. The number of rotatable bonds is 1. The summed E-state index contributed by atoms with van der Waals surface area (Å²) in [5.41, 5.74) is -0.225. The number of fused-ring (bicyclic) bond motifs is 1. The van der Waals surface area contributed by atoms with Crippen molar-refractivity contribution < 1.29 is 15.0 Å². The molecule has 0 spiro atoms. The Balaban J connectivity index is 2.50. The number of nitrogens with zero attached hydrogens (tertiary/aromatic N) is 2. The first-order valence-electron chi connectivity index (χ1n) is 4.22. The maximum absolute atomic E-state index is 10.6. The summed E-state index contributed by atoms with van der Waals surface area (Å²) in [6, 6.07) is 0. The Labute approximate surface area is 74.6 Å². The van der Waals surface area contributed by atoms with Gasteiger partial charge in [-0.25, -0.2) is 9.78 Å². The van der Waals surface area contributed by atoms with Gasteiger partial charge in [-0.1, -0.05) is 0 Å². The number of aryl methyl sites for hydroxylation is 1. The van der Waals surface area contributed by atoms with E-state index >= 15 is 0 Å². The minimum Gasteiger partial charge on any atom is -0.493 e. The van der Waals surface area contributed by atoms with Crippen LogP contribution in [0.5, 0.6) is 5.88 Å². The number of carbonyl (C=O) groups is 1. The number of aromatic hydroxyl groups is 1. The van der Waals surface area contributed by atoms with Crippen LogP contribution in [0.2, 0.25) is 0 Å². The monoisotopic (exact) mass is 182 g/mol. The maximum Gasteiger partial charge on any atom is 0.360 e. The fourth-order valence-electron chi connectivity index (χ4n) is 1.61. The Kier molecular flexibility index (Phi) is 1.72. The van der Waals surface area contributed by atoms with Crippen molar-refractivity contribution in [2.75, 3.05) is 0 Å². The molecule has 5 nitrogen and oxygen atoms in total. The number of carboxylic acids is 1. The van der Waals surface area contributed by atoms with Gasteiger partial charge in [0.2, 0.25) is 11.6 Å². The number of carboxylic acid groups (broad SMARTS) is 1. The van der Waals surface area contributed by atoms with Gasteiger partial charge < -0.3 is 10.2 Å². The highest BCUT2D eigenvalue weighted by Crippen LogP contribution is 2.24. The molecule has 2 N–H and O–H groups in total. The average molecular weight is 182 g/mol. The van der Waals surface area contributed by atoms with Gasteiger partial charge in [-0.2, -0.15) is 0 Å². The predicted molar refractivity (Wildman–Crippen MR) is 43.8 cm³/mol. The highest BCUT2D eigenvalue weighted by atomic mass is 16.4. The fraction of sp³-hybridized carbons (Fsp3) is 0.500. The Morgan fingerprint density at radius 1 is 1.46 bits per heavy atom. The average Bonchev–Trinajstić information content (AvgIpc) is 2.45. The summed E-state index contributed by atoms with van der Waals surface area (Å²) in [6.07, 6.45) is 2.73. The topological polar surface area (TPSA) is 75.3 Å². The third-order valence-electron chi connectivity index (χ3n) is 2.25. The van der Waals surface area contributed by atoms with Gasteiger partial charge in [-0.15, -0.1) is 0 Å². The molecule has 0 unspecified atom stereocenters. The van der Waals surface area contributed by atoms with Crippen molar-refractivity contribution in [3.8, 4) is 5.88 Å². The van der Waals surface area contributed by atoms with Gasteiger partial charge >= 0.3 is 5.97 Å². The van der Waals surface area contributed by atoms with E-state index in [4.69, 9.17) is 5.11 Å². The second-order valence-electron chi connectivity index (χ2n) is 3.11. The largest absolute Gasteiger partial charge is 0.493 e. The number of hydrogen-bond acceptors (Lipinski definition) is 3. The van der Waals surface area contributed by atoms with Crippen LogP contribution in [-0.4, -0.2) is 25.7 Å². The van der Waals surface area contributed by atoms with Gasteiger partial charge in [0, 0.05) is 13.0 Å². The van der Waals surface area contributed by atoms with E-state index < -0.39 is 5.97 Å². The minimum absolute atomic E-state index is 0.206. The molecule has 1 aromatic rings. The summed E-state index contributed by atoms with van der Waals surface area (Å²) in [5.74, 6) is -0.692. The van der Waals surface area contributed by atoms with Crippen LogP contribution >= 0.6 is 0 Å². The molecular formula is C8H10N2O3. The smallest absolute Gasteiger partial charge is 0.360 e. The number of aromatic carboxylic acids is 1. The van der Waals surface area contributed by atoms with Gasteiger partial charge in [0.1, 0.15) is 5.82 Å². The summed E-state index contributed by atoms with van der Waals surface area (Å²) in [5, 5.41) is 18.1. The van der Waals surface area contributed by atoms with Crippen molar-refractivity contribution in [2.24, 2.45) is 0 Å². The summed E-state index contributed by atoms with van der Waals surface area (Å²) in [4.78, 5) is 14.5. The van der Waals surface area contributed by atoms with Crippen molar-refractivity contribution in [3.05, 3.63) is 11.5 Å². The molecule has 5 heteroatoms. The molecule has 0 atom stereocenters. The molecule has 1 aliphatic heterocycles. The van der Waals surface area contributed by atoms with Crippen LogP contribution in [0.25, 0.3) is 0 Å². The highest BCUT2D eigenvalue weighted by Gasteiger charge is 2.22. The van der Waals surface area contributed by atoms with Crippen LogP contribution in [0.4, 0.5) is 0 Å². The lowest BCUT2D eigenvalue weighted by Gasteiger charge is -2.13. The van der Waals surface area contributed by atoms with E-state index in [1.54, 1.807) is 4.57 Å². The number of aromatic nitrogens is 2. The lowest BCUT2D eigenvalue weighted by molar-refractivity contribution is 0.0687. The summed E-state index contributed by atoms with van der Waals surface area (Å²) in [6.45, 7) is 0.668. The lowest BCUT2D eigenvalue weighted by atomic mass is 10.2. The molecule has 0 aliphatic carbocycles. The highest BCUT2D eigenvalue weighted by molar-refractivity contribution is 5.88. The molecule has 1 aliphatic rings. The van der Waals surface area contributed by atoms with E-state index in [-0.39, 0.29) is 11.6 Å². The lowest BCUT2D eigenvalue weighted by Crippen LogP contribution is -2.09. The molecule has 0 aromatic carbocycles. The normalized spacial score (nSPS) is 15.4. The van der Waals surface area contributed by atoms with Crippen LogP contribution in [0, 0.1) is 0 Å². The first-order chi connectivity index (χ1) is 6.20. The van der Waals surface area contributed by atoms with E-state index in [0.717, 1.165) is 19.3 Å². The van der Waals surface area contributed by atoms with Crippen LogP contribution in [0.3, 0.4) is 0 Å². The van der Waals surface area contributed by atoms with Gasteiger partial charge in [0.25, 0.3) is 0 Å². The Morgan fingerprint density at radius 2 is 2.23 bits per heavy atom. The van der Waals surface area contributed by atoms with Crippen molar-refractivity contribution in [3.63, 3.8) is 0 Å². The Hall–Kier alpha value is -1.52. The first kappa shape index (κ1) is 8.10. The summed E-state index contributed by atoms with van der Waals surface area (Å²) < 4.78 is 1.58. The second-order valence-corrected chi connectivity index (χ2v) is 3.11. The van der Waals surface area contributed by atoms with Crippen molar-refractivity contribution in [2.45, 2.75) is 25.8 Å². The SMILES string of the molecule is O=C(O)c1nc2n(c1O)CCCC2. The quantitative estimate of drug-likeness (QED) is 0.667. The van der Waals surface area contributed by atoms with E-state index in [9.17, 15) is 9.90 Å². The predicted octanol–water partition coefficient (Wildman–Crippen LogP) is 0.623. The van der Waals surface area contributed by atoms with Crippen LogP contribution in [0.15, 0.2) is 0 Å². The van der Waals surface area contributed by atoms with E-state index in [2.05, 4.69) is 4.98 Å².